The summed E-state index contributed by atoms with van der Waals surface area (Å²) in [4.78, 5) is 14.4. The van der Waals surface area contributed by atoms with Crippen molar-refractivity contribution >= 4 is 17.7 Å². The van der Waals surface area contributed by atoms with Crippen LogP contribution in [0, 0.1) is 0 Å². The molecule has 0 aromatic heterocycles. The van der Waals surface area contributed by atoms with Crippen molar-refractivity contribution in [3.05, 3.63) is 0 Å². The van der Waals surface area contributed by atoms with Crippen molar-refractivity contribution in [3.63, 3.8) is 0 Å². The summed E-state index contributed by atoms with van der Waals surface area (Å²) in [5.74, 6) is 1.28. The number of ether oxygens (including phenoxy) is 1. The molecule has 2 aliphatic heterocycles. The van der Waals surface area contributed by atoms with Crippen molar-refractivity contribution in [2.45, 2.75) is 37.7 Å². The molecular weight excluding hydrogens is 236 g/mol. The summed E-state index contributed by atoms with van der Waals surface area (Å²) in [6, 6.07) is -0.149. The lowest BCUT2D eigenvalue weighted by Crippen LogP contribution is -2.58. The van der Waals surface area contributed by atoms with Crippen molar-refractivity contribution in [2.24, 2.45) is 0 Å². The minimum atomic E-state index is -0.149. The SMILES string of the molecule is CCC1CN(C(=O)[C@H]2NCCO[C@@H]2C)CCS1. The Kier molecular flexibility index (Phi) is 4.70. The van der Waals surface area contributed by atoms with Gasteiger partial charge in [-0.25, -0.2) is 0 Å². The van der Waals surface area contributed by atoms with Gasteiger partial charge in [-0.15, -0.1) is 0 Å². The van der Waals surface area contributed by atoms with Gasteiger partial charge in [0.1, 0.15) is 6.04 Å². The van der Waals surface area contributed by atoms with Crippen LogP contribution in [-0.4, -0.2) is 60.2 Å². The van der Waals surface area contributed by atoms with E-state index in [9.17, 15) is 4.79 Å². The van der Waals surface area contributed by atoms with E-state index < -0.39 is 0 Å². The fraction of sp³-hybridized carbons (Fsp3) is 0.917. The monoisotopic (exact) mass is 258 g/mol. The van der Waals surface area contributed by atoms with Crippen molar-refractivity contribution in [2.75, 3.05) is 32.0 Å². The topological polar surface area (TPSA) is 41.6 Å². The molecular formula is C12H22N2O2S. The molecule has 3 atom stereocenters. The minimum Gasteiger partial charge on any atom is -0.375 e. The molecule has 0 aromatic rings. The third-order valence-electron chi connectivity index (χ3n) is 3.49. The highest BCUT2D eigenvalue weighted by molar-refractivity contribution is 8.00. The summed E-state index contributed by atoms with van der Waals surface area (Å²) in [6.07, 6.45) is 1.13. The van der Waals surface area contributed by atoms with Gasteiger partial charge in [-0.3, -0.25) is 4.79 Å². The number of nitrogens with zero attached hydrogens (tertiary/aromatic N) is 1. The van der Waals surface area contributed by atoms with Crippen LogP contribution in [0.1, 0.15) is 20.3 Å². The molecule has 0 aromatic carbocycles. The minimum absolute atomic E-state index is 0.00842. The molecule has 2 rings (SSSR count). The van der Waals surface area contributed by atoms with Gasteiger partial charge in [-0.1, -0.05) is 6.92 Å². The molecule has 17 heavy (non-hydrogen) atoms. The third-order valence-corrected chi connectivity index (χ3v) is 4.86. The summed E-state index contributed by atoms with van der Waals surface area (Å²) >= 11 is 1.99. The lowest BCUT2D eigenvalue weighted by Gasteiger charge is -2.37. The zero-order chi connectivity index (χ0) is 12.3. The first-order valence-corrected chi connectivity index (χ1v) is 7.52. The molecule has 1 unspecified atom stereocenters. The second-order valence-corrected chi connectivity index (χ2v) is 6.10. The van der Waals surface area contributed by atoms with Crippen LogP contribution in [-0.2, 0) is 9.53 Å². The first-order chi connectivity index (χ1) is 8.22. The van der Waals surface area contributed by atoms with E-state index >= 15 is 0 Å². The molecule has 98 valence electrons. The summed E-state index contributed by atoms with van der Waals surface area (Å²) in [7, 11) is 0. The first-order valence-electron chi connectivity index (χ1n) is 6.47. The molecule has 0 aliphatic carbocycles. The van der Waals surface area contributed by atoms with Gasteiger partial charge in [0.15, 0.2) is 0 Å². The second-order valence-electron chi connectivity index (χ2n) is 4.69. The molecule has 0 bridgehead atoms. The van der Waals surface area contributed by atoms with E-state index in [0.717, 1.165) is 31.8 Å². The van der Waals surface area contributed by atoms with Crippen LogP contribution >= 0.6 is 11.8 Å². The van der Waals surface area contributed by atoms with Gasteiger partial charge in [0.25, 0.3) is 0 Å². The van der Waals surface area contributed by atoms with Gasteiger partial charge >= 0.3 is 0 Å². The molecule has 1 N–H and O–H groups in total. The Morgan fingerprint density at radius 1 is 1.59 bits per heavy atom. The van der Waals surface area contributed by atoms with E-state index in [-0.39, 0.29) is 18.1 Å². The lowest BCUT2D eigenvalue weighted by atomic mass is 10.1. The van der Waals surface area contributed by atoms with Crippen molar-refractivity contribution in [1.29, 1.82) is 0 Å². The van der Waals surface area contributed by atoms with Crippen molar-refractivity contribution < 1.29 is 9.53 Å². The van der Waals surface area contributed by atoms with Crippen LogP contribution < -0.4 is 5.32 Å². The van der Waals surface area contributed by atoms with Crippen molar-refractivity contribution in [1.82, 2.24) is 10.2 Å². The summed E-state index contributed by atoms with van der Waals surface area (Å²) in [5, 5.41) is 3.88. The molecule has 0 saturated carbocycles. The largest absolute Gasteiger partial charge is 0.375 e. The summed E-state index contributed by atoms with van der Waals surface area (Å²) < 4.78 is 5.54. The number of amides is 1. The Morgan fingerprint density at radius 3 is 3.12 bits per heavy atom. The van der Waals surface area contributed by atoms with Gasteiger partial charge in [0, 0.05) is 30.6 Å². The Morgan fingerprint density at radius 2 is 2.41 bits per heavy atom. The molecule has 0 spiro atoms. The van der Waals surface area contributed by atoms with E-state index in [1.54, 1.807) is 0 Å². The van der Waals surface area contributed by atoms with Gasteiger partial charge in [-0.2, -0.15) is 11.8 Å². The smallest absolute Gasteiger partial charge is 0.242 e. The third kappa shape index (κ3) is 3.14. The Labute approximate surface area is 107 Å². The van der Waals surface area contributed by atoms with E-state index in [2.05, 4.69) is 12.2 Å². The molecule has 2 aliphatic rings. The zero-order valence-corrected chi connectivity index (χ0v) is 11.5. The van der Waals surface area contributed by atoms with E-state index in [1.807, 2.05) is 23.6 Å². The predicted molar refractivity (Wildman–Crippen MR) is 70.3 cm³/mol. The van der Waals surface area contributed by atoms with Gasteiger partial charge < -0.3 is 15.0 Å². The Balaban J connectivity index is 1.93. The molecule has 4 nitrogen and oxygen atoms in total. The molecule has 5 heteroatoms. The summed E-state index contributed by atoms with van der Waals surface area (Å²) in [5.41, 5.74) is 0. The standard InChI is InChI=1S/C12H22N2O2S/c1-3-10-8-14(5-7-17-10)12(15)11-9(2)16-6-4-13-11/h9-11,13H,3-8H2,1-2H3/t9-,10?,11+/m1/s1. The molecule has 2 saturated heterocycles. The van der Waals surface area contributed by atoms with Crippen molar-refractivity contribution in [3.8, 4) is 0 Å². The number of nitrogens with one attached hydrogen (secondary N) is 1. The maximum atomic E-state index is 12.4. The van der Waals surface area contributed by atoms with Crippen LogP contribution in [0.2, 0.25) is 0 Å². The fourth-order valence-corrected chi connectivity index (χ4v) is 3.55. The van der Waals surface area contributed by atoms with Crippen LogP contribution in [0.3, 0.4) is 0 Å². The van der Waals surface area contributed by atoms with Crippen LogP contribution in [0.15, 0.2) is 0 Å². The molecule has 2 fully saturated rings. The lowest BCUT2D eigenvalue weighted by molar-refractivity contribution is -0.139. The highest BCUT2D eigenvalue weighted by Crippen LogP contribution is 2.22. The van der Waals surface area contributed by atoms with E-state index in [1.165, 1.54) is 0 Å². The number of rotatable bonds is 2. The maximum Gasteiger partial charge on any atom is 0.242 e. The fourth-order valence-electron chi connectivity index (χ4n) is 2.37. The second kappa shape index (κ2) is 6.07. The van der Waals surface area contributed by atoms with Crippen LogP contribution in [0.4, 0.5) is 0 Å². The zero-order valence-electron chi connectivity index (χ0n) is 10.6. The quantitative estimate of drug-likeness (QED) is 0.792. The number of carbonyl (C=O) groups excluding carboxylic acids is 1. The highest BCUT2D eigenvalue weighted by Gasteiger charge is 2.33. The number of morpholine rings is 1. The maximum absolute atomic E-state index is 12.4. The number of thioether (sulfide) groups is 1. The van der Waals surface area contributed by atoms with Gasteiger partial charge in [0.2, 0.25) is 5.91 Å². The predicted octanol–water partition coefficient (Wildman–Crippen LogP) is 0.717. The molecule has 1 amide bonds. The number of hydrogen-bond donors (Lipinski definition) is 1. The number of hydrogen-bond acceptors (Lipinski definition) is 4. The van der Waals surface area contributed by atoms with Gasteiger partial charge in [0.05, 0.1) is 12.7 Å². The average molecular weight is 258 g/mol. The normalized spacial score (nSPS) is 34.7. The van der Waals surface area contributed by atoms with E-state index in [4.69, 9.17) is 4.74 Å². The first kappa shape index (κ1) is 13.2. The number of carbonyl (C=O) groups is 1. The van der Waals surface area contributed by atoms with Crippen LogP contribution in [0.5, 0.6) is 0 Å². The highest BCUT2D eigenvalue weighted by atomic mass is 32.2. The Bertz CT molecular complexity index is 275. The Hall–Kier alpha value is -0.260. The van der Waals surface area contributed by atoms with E-state index in [0.29, 0.717) is 11.9 Å². The summed E-state index contributed by atoms with van der Waals surface area (Å²) in [6.45, 7) is 7.43. The molecule has 0 radical (unpaired) electrons. The van der Waals surface area contributed by atoms with Crippen LogP contribution in [0.25, 0.3) is 0 Å². The average Bonchev–Trinajstić information content (AvgIpc) is 2.38. The van der Waals surface area contributed by atoms with Gasteiger partial charge in [-0.05, 0) is 13.3 Å². The molecule has 2 heterocycles.